The molecule has 10 heteroatoms. The average molecular weight is 529 g/mol. The number of rotatable bonds is 8. The Morgan fingerprint density at radius 2 is 1.67 bits per heavy atom. The van der Waals surface area contributed by atoms with Gasteiger partial charge in [-0.15, -0.1) is 22.0 Å². The van der Waals surface area contributed by atoms with Crippen molar-refractivity contribution in [2.75, 3.05) is 11.1 Å². The summed E-state index contributed by atoms with van der Waals surface area (Å²) < 4.78 is 41.7. The summed E-state index contributed by atoms with van der Waals surface area (Å²) in [7, 11) is 0. The van der Waals surface area contributed by atoms with Gasteiger partial charge in [0, 0.05) is 10.6 Å². The first kappa shape index (κ1) is 25.8. The normalized spacial score (nSPS) is 11.5. The fraction of sp³-hybridized carbons (Fsp3) is 0.192. The zero-order chi connectivity index (χ0) is 25.7. The third-order valence-corrected chi connectivity index (χ3v) is 7.13. The molecule has 4 aromatic rings. The summed E-state index contributed by atoms with van der Waals surface area (Å²) in [5.74, 6) is 0.569. The quantitative estimate of drug-likeness (QED) is 0.252. The van der Waals surface area contributed by atoms with E-state index in [4.69, 9.17) is 0 Å². The van der Waals surface area contributed by atoms with Crippen LogP contribution in [0.3, 0.4) is 0 Å². The molecule has 0 saturated heterocycles. The Morgan fingerprint density at radius 1 is 0.917 bits per heavy atom. The minimum atomic E-state index is -4.56. The Kier molecular flexibility index (Phi) is 8.05. The summed E-state index contributed by atoms with van der Waals surface area (Å²) in [4.78, 5) is 13.6. The topological polar surface area (TPSA) is 59.8 Å². The number of aryl methyl sites for hydroxylation is 2. The molecule has 0 bridgehead atoms. The number of nitrogens with one attached hydrogen (secondary N) is 1. The Labute approximate surface area is 215 Å². The Morgan fingerprint density at radius 3 is 2.39 bits per heavy atom. The first-order valence-corrected chi connectivity index (χ1v) is 13.0. The van der Waals surface area contributed by atoms with Gasteiger partial charge < -0.3 is 5.32 Å². The van der Waals surface area contributed by atoms with Crippen LogP contribution in [0.25, 0.3) is 5.69 Å². The van der Waals surface area contributed by atoms with E-state index in [1.165, 1.54) is 23.8 Å². The lowest BCUT2D eigenvalue weighted by Crippen LogP contribution is -2.18. The standard InChI is InChI=1S/C26H23F3N4OS2/c1-17-10-12-20(13-11-17)35-15-23-31-32-25(33(23)19-7-5-6-18(2)14-19)36-16-24(34)30-22-9-4-3-8-21(22)26(27,28)29/h3-14H,15-16H2,1-2H3,(H,30,34). The molecule has 0 atom stereocenters. The van der Waals surface area contributed by atoms with E-state index in [9.17, 15) is 18.0 Å². The number of carbonyl (C=O) groups is 1. The number of amides is 1. The molecule has 0 aliphatic heterocycles. The Bertz CT molecular complexity index is 1350. The molecule has 0 unspecified atom stereocenters. The molecule has 1 N–H and O–H groups in total. The first-order valence-electron chi connectivity index (χ1n) is 11.0. The van der Waals surface area contributed by atoms with Gasteiger partial charge in [0.15, 0.2) is 5.16 Å². The van der Waals surface area contributed by atoms with Gasteiger partial charge in [-0.05, 0) is 55.8 Å². The zero-order valence-electron chi connectivity index (χ0n) is 19.5. The number of carbonyl (C=O) groups excluding carboxylic acids is 1. The number of thioether (sulfide) groups is 2. The molecular formula is C26H23F3N4OS2. The van der Waals surface area contributed by atoms with Crippen LogP contribution in [0.4, 0.5) is 18.9 Å². The second-order valence-corrected chi connectivity index (χ2v) is 10.0. The van der Waals surface area contributed by atoms with Crippen molar-refractivity contribution >= 4 is 35.1 Å². The summed E-state index contributed by atoms with van der Waals surface area (Å²) in [5, 5.41) is 11.5. The SMILES string of the molecule is Cc1ccc(SCc2nnc(SCC(=O)Nc3ccccc3C(F)(F)F)n2-c2cccc(C)c2)cc1. The van der Waals surface area contributed by atoms with E-state index in [-0.39, 0.29) is 11.4 Å². The van der Waals surface area contributed by atoms with Crippen LogP contribution >= 0.6 is 23.5 Å². The molecule has 186 valence electrons. The Hall–Kier alpha value is -3.24. The van der Waals surface area contributed by atoms with Crippen molar-refractivity contribution in [3.05, 3.63) is 95.3 Å². The highest BCUT2D eigenvalue weighted by Gasteiger charge is 2.33. The fourth-order valence-corrected chi connectivity index (χ4v) is 5.03. The van der Waals surface area contributed by atoms with Crippen LogP contribution in [0, 0.1) is 13.8 Å². The van der Waals surface area contributed by atoms with Crippen LogP contribution in [0.5, 0.6) is 0 Å². The van der Waals surface area contributed by atoms with Crippen molar-refractivity contribution in [2.24, 2.45) is 0 Å². The van der Waals surface area contributed by atoms with Crippen molar-refractivity contribution in [1.29, 1.82) is 0 Å². The van der Waals surface area contributed by atoms with Crippen LogP contribution in [0.2, 0.25) is 0 Å². The highest BCUT2D eigenvalue weighted by Crippen LogP contribution is 2.35. The minimum Gasteiger partial charge on any atom is -0.325 e. The summed E-state index contributed by atoms with van der Waals surface area (Å²) in [6, 6.07) is 20.9. The van der Waals surface area contributed by atoms with Gasteiger partial charge in [-0.25, -0.2) is 0 Å². The molecule has 1 amide bonds. The number of aromatic nitrogens is 3. The molecule has 3 aromatic carbocycles. The lowest BCUT2D eigenvalue weighted by Gasteiger charge is -2.14. The monoisotopic (exact) mass is 528 g/mol. The van der Waals surface area contributed by atoms with Crippen molar-refractivity contribution in [2.45, 2.75) is 35.8 Å². The Balaban J connectivity index is 1.52. The summed E-state index contributed by atoms with van der Waals surface area (Å²) in [5.41, 5.74) is 1.92. The van der Waals surface area contributed by atoms with Gasteiger partial charge in [-0.1, -0.05) is 53.7 Å². The summed E-state index contributed by atoms with van der Waals surface area (Å²) in [6.07, 6.45) is -4.56. The maximum atomic E-state index is 13.3. The zero-order valence-corrected chi connectivity index (χ0v) is 21.2. The third-order valence-electron chi connectivity index (χ3n) is 5.19. The van der Waals surface area contributed by atoms with E-state index in [0.717, 1.165) is 34.0 Å². The molecule has 0 aliphatic carbocycles. The number of alkyl halides is 3. The van der Waals surface area contributed by atoms with Gasteiger partial charge in [-0.2, -0.15) is 13.2 Å². The number of benzene rings is 3. The van der Waals surface area contributed by atoms with Crippen LogP contribution in [-0.4, -0.2) is 26.4 Å². The lowest BCUT2D eigenvalue weighted by atomic mass is 10.1. The number of hydrogen-bond donors (Lipinski definition) is 1. The molecule has 0 saturated carbocycles. The van der Waals surface area contributed by atoms with Crippen molar-refractivity contribution < 1.29 is 18.0 Å². The predicted octanol–water partition coefficient (Wildman–Crippen LogP) is 6.93. The number of halogens is 3. The first-order chi connectivity index (χ1) is 17.2. The number of anilines is 1. The van der Waals surface area contributed by atoms with Crippen LogP contribution in [-0.2, 0) is 16.7 Å². The largest absolute Gasteiger partial charge is 0.418 e. The van der Waals surface area contributed by atoms with Crippen LogP contribution in [0.15, 0.2) is 82.8 Å². The highest BCUT2D eigenvalue weighted by atomic mass is 32.2. The van der Waals surface area contributed by atoms with E-state index in [1.54, 1.807) is 11.8 Å². The maximum Gasteiger partial charge on any atom is 0.418 e. The second kappa shape index (κ2) is 11.2. The van der Waals surface area contributed by atoms with E-state index < -0.39 is 17.6 Å². The molecule has 36 heavy (non-hydrogen) atoms. The van der Waals surface area contributed by atoms with E-state index >= 15 is 0 Å². The van der Waals surface area contributed by atoms with E-state index in [2.05, 4.69) is 15.5 Å². The van der Waals surface area contributed by atoms with Crippen molar-refractivity contribution in [3.8, 4) is 5.69 Å². The molecule has 1 aromatic heterocycles. The van der Waals surface area contributed by atoms with E-state index in [0.29, 0.717) is 16.7 Å². The number of para-hydroxylation sites is 1. The second-order valence-electron chi connectivity index (χ2n) is 8.06. The molecule has 0 spiro atoms. The van der Waals surface area contributed by atoms with Gasteiger partial charge >= 0.3 is 6.18 Å². The third kappa shape index (κ3) is 6.50. The van der Waals surface area contributed by atoms with E-state index in [1.807, 2.05) is 66.9 Å². The van der Waals surface area contributed by atoms with Gasteiger partial charge in [0.25, 0.3) is 0 Å². The predicted molar refractivity (Wildman–Crippen MR) is 138 cm³/mol. The number of hydrogen-bond acceptors (Lipinski definition) is 5. The average Bonchev–Trinajstić information content (AvgIpc) is 3.25. The minimum absolute atomic E-state index is 0.124. The molecule has 4 rings (SSSR count). The molecular weight excluding hydrogens is 505 g/mol. The van der Waals surface area contributed by atoms with Crippen LogP contribution < -0.4 is 5.32 Å². The van der Waals surface area contributed by atoms with Crippen molar-refractivity contribution in [3.63, 3.8) is 0 Å². The lowest BCUT2D eigenvalue weighted by molar-refractivity contribution is -0.137. The van der Waals surface area contributed by atoms with Crippen LogP contribution in [0.1, 0.15) is 22.5 Å². The summed E-state index contributed by atoms with van der Waals surface area (Å²) in [6.45, 7) is 4.01. The highest BCUT2D eigenvalue weighted by molar-refractivity contribution is 7.99. The van der Waals surface area contributed by atoms with Gasteiger partial charge in [0.05, 0.1) is 22.8 Å². The van der Waals surface area contributed by atoms with Gasteiger partial charge in [0.2, 0.25) is 5.91 Å². The molecule has 1 heterocycles. The maximum absolute atomic E-state index is 13.3. The fourth-order valence-electron chi connectivity index (χ4n) is 3.45. The van der Waals surface area contributed by atoms with Gasteiger partial charge in [-0.3, -0.25) is 9.36 Å². The summed E-state index contributed by atoms with van der Waals surface area (Å²) >= 11 is 2.74. The molecule has 5 nitrogen and oxygen atoms in total. The molecule has 0 radical (unpaired) electrons. The smallest absolute Gasteiger partial charge is 0.325 e. The number of nitrogens with zero attached hydrogens (tertiary/aromatic N) is 3. The van der Waals surface area contributed by atoms with Crippen molar-refractivity contribution in [1.82, 2.24) is 14.8 Å². The molecule has 0 aliphatic rings. The van der Waals surface area contributed by atoms with Gasteiger partial charge in [0.1, 0.15) is 5.82 Å². The molecule has 0 fully saturated rings.